The van der Waals surface area contributed by atoms with Crippen LogP contribution in [0.5, 0.6) is 0 Å². The van der Waals surface area contributed by atoms with Gasteiger partial charge in [-0.3, -0.25) is 20.4 Å². The predicted octanol–water partition coefficient (Wildman–Crippen LogP) is 3.91. The van der Waals surface area contributed by atoms with E-state index in [0.717, 1.165) is 37.3 Å². The number of aromatic nitrogens is 2. The van der Waals surface area contributed by atoms with Crippen LogP contribution in [0.25, 0.3) is 11.3 Å². The second-order valence-corrected chi connectivity index (χ2v) is 10.2. The minimum Gasteiger partial charge on any atom is -0.324 e. The Hall–Kier alpha value is -4.22. The largest absolute Gasteiger partial charge is 0.324 e. The van der Waals surface area contributed by atoms with Crippen LogP contribution in [0.3, 0.4) is 0 Å². The van der Waals surface area contributed by atoms with E-state index >= 15 is 0 Å². The van der Waals surface area contributed by atoms with Gasteiger partial charge in [-0.2, -0.15) is 0 Å². The van der Waals surface area contributed by atoms with Crippen molar-refractivity contribution in [2.75, 3.05) is 31.5 Å². The Morgan fingerprint density at radius 3 is 2.59 bits per heavy atom. The van der Waals surface area contributed by atoms with Gasteiger partial charge in [-0.05, 0) is 48.5 Å². The molecule has 4 aromatic rings. The number of anilines is 2. The molecule has 5 N–H and O–H groups in total. The SMILES string of the molecule is NC(NC(=O)c1ccc(Nc2ncc3c(n2)-c2ccc(Cl)cc2C(c2ccccc2F)=NC3)cc1)N1CCNCC1. The first-order chi connectivity index (χ1) is 20.0. The number of amides is 1. The molecule has 0 spiro atoms. The highest BCUT2D eigenvalue weighted by Gasteiger charge is 2.23. The van der Waals surface area contributed by atoms with Crippen molar-refractivity contribution < 1.29 is 9.18 Å². The number of nitrogens with two attached hydrogens (primary N) is 1. The lowest BCUT2D eigenvalue weighted by Gasteiger charge is -2.32. The van der Waals surface area contributed by atoms with Crippen molar-refractivity contribution in [3.8, 4) is 11.3 Å². The molecule has 0 aliphatic carbocycles. The highest BCUT2D eigenvalue weighted by Crippen LogP contribution is 2.34. The molecule has 1 unspecified atom stereocenters. The first kappa shape index (κ1) is 27.0. The molecule has 41 heavy (non-hydrogen) atoms. The van der Waals surface area contributed by atoms with Crippen LogP contribution in [-0.2, 0) is 6.54 Å². The van der Waals surface area contributed by atoms with Crippen LogP contribution >= 0.6 is 11.6 Å². The molecule has 208 valence electrons. The van der Waals surface area contributed by atoms with Gasteiger partial charge in [0.2, 0.25) is 5.95 Å². The number of fused-ring (bicyclic) bond motifs is 3. The van der Waals surface area contributed by atoms with Crippen molar-refractivity contribution in [2.24, 2.45) is 10.7 Å². The summed E-state index contributed by atoms with van der Waals surface area (Å²) in [6.45, 7) is 3.52. The number of hydrogen-bond acceptors (Lipinski definition) is 8. The number of aliphatic imine (C=N–C) groups is 1. The molecule has 1 amide bonds. The summed E-state index contributed by atoms with van der Waals surface area (Å²) in [4.78, 5) is 28.8. The van der Waals surface area contributed by atoms with Gasteiger partial charge in [0.1, 0.15) is 12.1 Å². The zero-order valence-electron chi connectivity index (χ0n) is 22.1. The lowest BCUT2D eigenvalue weighted by Crippen LogP contribution is -2.59. The number of carbonyl (C=O) groups excluding carboxylic acids is 1. The summed E-state index contributed by atoms with van der Waals surface area (Å²) in [5.74, 6) is -0.235. The molecule has 3 aromatic carbocycles. The molecule has 11 heteroatoms. The Morgan fingerprint density at radius 1 is 1.02 bits per heavy atom. The van der Waals surface area contributed by atoms with E-state index in [1.807, 2.05) is 11.0 Å². The summed E-state index contributed by atoms with van der Waals surface area (Å²) >= 11 is 6.36. The zero-order chi connectivity index (χ0) is 28.3. The third-order valence-corrected chi connectivity index (χ3v) is 7.36. The lowest BCUT2D eigenvalue weighted by molar-refractivity contribution is 0.0835. The average Bonchev–Trinajstić information content (AvgIpc) is 3.14. The predicted molar refractivity (Wildman–Crippen MR) is 158 cm³/mol. The molecule has 1 aromatic heterocycles. The van der Waals surface area contributed by atoms with Crippen molar-refractivity contribution in [1.29, 1.82) is 0 Å². The van der Waals surface area contributed by atoms with Crippen LogP contribution < -0.4 is 21.7 Å². The number of piperazine rings is 1. The monoisotopic (exact) mass is 570 g/mol. The van der Waals surface area contributed by atoms with Crippen molar-refractivity contribution in [2.45, 2.75) is 12.8 Å². The Bertz CT molecular complexity index is 1620. The number of nitrogens with zero attached hydrogens (tertiary/aromatic N) is 4. The van der Waals surface area contributed by atoms with Gasteiger partial charge in [-0.1, -0.05) is 29.8 Å². The molecule has 2 aliphatic rings. The van der Waals surface area contributed by atoms with Crippen LogP contribution in [0.1, 0.15) is 27.0 Å². The van der Waals surface area contributed by atoms with Crippen LogP contribution in [0.4, 0.5) is 16.0 Å². The fraction of sp³-hybridized carbons (Fsp3) is 0.200. The second kappa shape index (κ2) is 11.7. The van der Waals surface area contributed by atoms with Gasteiger partial charge in [0.15, 0.2) is 0 Å². The number of halogens is 2. The van der Waals surface area contributed by atoms with E-state index in [1.165, 1.54) is 6.07 Å². The quantitative estimate of drug-likeness (QED) is 0.259. The van der Waals surface area contributed by atoms with Crippen LogP contribution in [0, 0.1) is 5.82 Å². The molecule has 1 atom stereocenters. The van der Waals surface area contributed by atoms with E-state index in [-0.39, 0.29) is 18.3 Å². The highest BCUT2D eigenvalue weighted by atomic mass is 35.5. The fourth-order valence-electron chi connectivity index (χ4n) is 4.97. The van der Waals surface area contributed by atoms with Crippen molar-refractivity contribution in [1.82, 2.24) is 25.5 Å². The van der Waals surface area contributed by atoms with Gasteiger partial charge in [0, 0.05) is 70.9 Å². The summed E-state index contributed by atoms with van der Waals surface area (Å²) in [5.41, 5.74) is 11.3. The Morgan fingerprint density at radius 2 is 1.80 bits per heavy atom. The molecule has 1 saturated heterocycles. The highest BCUT2D eigenvalue weighted by molar-refractivity contribution is 6.31. The third-order valence-electron chi connectivity index (χ3n) is 7.12. The maximum Gasteiger partial charge on any atom is 0.253 e. The number of hydrogen-bond donors (Lipinski definition) is 4. The van der Waals surface area contributed by atoms with Crippen molar-refractivity contribution in [3.63, 3.8) is 0 Å². The molecular formula is C30H28ClFN8O. The number of benzene rings is 3. The summed E-state index contributed by atoms with van der Waals surface area (Å²) in [7, 11) is 0. The second-order valence-electron chi connectivity index (χ2n) is 9.81. The molecule has 6 rings (SSSR count). The molecule has 0 radical (unpaired) electrons. The Labute approximate surface area is 241 Å². The standard InChI is InChI=1S/C30H28ClFN8O/c31-20-7-10-22-24(15-20)27(23-3-1-2-4-25(23)32)35-16-19-17-36-30(38-26(19)22)37-21-8-5-18(6-9-21)28(41)39-29(33)40-13-11-34-12-14-40/h1-10,15,17,29,34H,11-14,16,33H2,(H,39,41)(H,36,37,38). The molecular weight excluding hydrogens is 543 g/mol. The van der Waals surface area contributed by atoms with Gasteiger partial charge in [-0.15, -0.1) is 0 Å². The van der Waals surface area contributed by atoms with Gasteiger partial charge in [0.05, 0.1) is 18.0 Å². The smallest absolute Gasteiger partial charge is 0.253 e. The summed E-state index contributed by atoms with van der Waals surface area (Å²) in [6.07, 6.45) is 1.17. The maximum atomic E-state index is 14.8. The van der Waals surface area contributed by atoms with Gasteiger partial charge in [-0.25, -0.2) is 14.4 Å². The Kier molecular flexibility index (Phi) is 7.71. The summed E-state index contributed by atoms with van der Waals surface area (Å²) in [5, 5.41) is 9.85. The molecule has 2 aliphatic heterocycles. The number of carbonyl (C=O) groups is 1. The topological polar surface area (TPSA) is 121 Å². The van der Waals surface area contributed by atoms with Crippen molar-refractivity contribution >= 4 is 34.9 Å². The summed E-state index contributed by atoms with van der Waals surface area (Å²) < 4.78 is 14.8. The van der Waals surface area contributed by atoms with Gasteiger partial charge in [0.25, 0.3) is 5.91 Å². The lowest BCUT2D eigenvalue weighted by atomic mass is 9.95. The van der Waals surface area contributed by atoms with Crippen molar-refractivity contribution in [3.05, 3.63) is 106 Å². The molecule has 0 bridgehead atoms. The molecule has 3 heterocycles. The van der Waals surface area contributed by atoms with E-state index in [9.17, 15) is 9.18 Å². The number of rotatable bonds is 6. The molecule has 0 saturated carbocycles. The minimum atomic E-state index is -0.545. The van der Waals surface area contributed by atoms with E-state index in [1.54, 1.807) is 60.8 Å². The minimum absolute atomic E-state index is 0.246. The normalized spacial score (nSPS) is 15.6. The Balaban J connectivity index is 1.22. The van der Waals surface area contributed by atoms with E-state index in [2.05, 4.69) is 20.9 Å². The van der Waals surface area contributed by atoms with Crippen LogP contribution in [0.15, 0.2) is 77.9 Å². The van der Waals surface area contributed by atoms with Crippen LogP contribution in [0.2, 0.25) is 5.02 Å². The zero-order valence-corrected chi connectivity index (χ0v) is 22.8. The third kappa shape index (κ3) is 5.82. The first-order valence-corrected chi connectivity index (χ1v) is 13.7. The van der Waals surface area contributed by atoms with E-state index in [4.69, 9.17) is 27.3 Å². The van der Waals surface area contributed by atoms with E-state index in [0.29, 0.717) is 44.8 Å². The number of nitrogens with one attached hydrogen (secondary N) is 3. The first-order valence-electron chi connectivity index (χ1n) is 13.3. The van der Waals surface area contributed by atoms with Gasteiger partial charge >= 0.3 is 0 Å². The van der Waals surface area contributed by atoms with Crippen LogP contribution in [-0.4, -0.2) is 59.0 Å². The average molecular weight is 571 g/mol. The molecule has 9 nitrogen and oxygen atoms in total. The summed E-state index contributed by atoms with van der Waals surface area (Å²) in [6, 6.07) is 19.0. The van der Waals surface area contributed by atoms with Gasteiger partial charge < -0.3 is 16.0 Å². The molecule has 1 fully saturated rings. The maximum absolute atomic E-state index is 14.8. The van der Waals surface area contributed by atoms with E-state index < -0.39 is 6.29 Å². The fourth-order valence-corrected chi connectivity index (χ4v) is 5.14.